The summed E-state index contributed by atoms with van der Waals surface area (Å²) in [5.74, 6) is -0.276. The zero-order valence-corrected chi connectivity index (χ0v) is 13.4. The Bertz CT molecular complexity index is 431. The van der Waals surface area contributed by atoms with Gasteiger partial charge in [-0.25, -0.2) is 8.42 Å². The molecule has 0 radical (unpaired) electrons. The van der Waals surface area contributed by atoms with E-state index in [1.54, 1.807) is 4.90 Å². The van der Waals surface area contributed by atoms with Crippen LogP contribution in [0.1, 0.15) is 40.5 Å². The third-order valence-electron chi connectivity index (χ3n) is 4.17. The van der Waals surface area contributed by atoms with E-state index >= 15 is 0 Å². The molecular weight excluding hydrogens is 264 g/mol. The molecule has 112 valence electrons. The van der Waals surface area contributed by atoms with Crippen molar-refractivity contribution in [1.29, 1.82) is 0 Å². The second-order valence-corrected chi connectivity index (χ2v) is 8.38. The number of carbonyl (C=O) groups excluding carboxylic acids is 1. The van der Waals surface area contributed by atoms with Gasteiger partial charge in [0.25, 0.3) is 0 Å². The zero-order valence-electron chi connectivity index (χ0n) is 12.6. The van der Waals surface area contributed by atoms with Crippen LogP contribution in [-0.2, 0) is 14.6 Å². The first-order valence-electron chi connectivity index (χ1n) is 6.89. The number of sulfone groups is 1. The molecule has 0 aliphatic carbocycles. The van der Waals surface area contributed by atoms with Crippen molar-refractivity contribution in [2.45, 2.75) is 57.4 Å². The lowest BCUT2D eigenvalue weighted by molar-refractivity contribution is -0.137. The van der Waals surface area contributed by atoms with E-state index in [0.717, 1.165) is 25.6 Å². The van der Waals surface area contributed by atoms with Crippen LogP contribution in [-0.4, -0.2) is 55.4 Å². The maximum Gasteiger partial charge on any atom is 0.243 e. The number of nitrogens with zero attached hydrogens (tertiary/aromatic N) is 1. The summed E-state index contributed by atoms with van der Waals surface area (Å²) in [4.78, 5) is 14.4. The van der Waals surface area contributed by atoms with Gasteiger partial charge in [0.2, 0.25) is 5.91 Å². The SMILES string of the molecule is CCC1CN(C(=O)C(C)(C)S(C)(=O)=O)C(CC)CN1. The monoisotopic (exact) mass is 290 g/mol. The summed E-state index contributed by atoms with van der Waals surface area (Å²) in [7, 11) is -3.42. The molecule has 1 aliphatic heterocycles. The number of amides is 1. The number of nitrogens with one attached hydrogen (secondary N) is 1. The van der Waals surface area contributed by atoms with Crippen LogP contribution in [0.25, 0.3) is 0 Å². The predicted molar refractivity (Wildman–Crippen MR) is 76.8 cm³/mol. The Kier molecular flexibility index (Phi) is 5.01. The Balaban J connectivity index is 3.00. The highest BCUT2D eigenvalue weighted by molar-refractivity contribution is 7.92. The minimum absolute atomic E-state index is 0.0799. The fourth-order valence-corrected chi connectivity index (χ4v) is 2.69. The maximum absolute atomic E-state index is 12.6. The smallest absolute Gasteiger partial charge is 0.243 e. The van der Waals surface area contributed by atoms with E-state index in [-0.39, 0.29) is 18.0 Å². The average Bonchev–Trinajstić information content (AvgIpc) is 2.35. The number of hydrogen-bond donors (Lipinski definition) is 1. The third-order valence-corrected chi connectivity index (χ3v) is 6.20. The molecule has 1 amide bonds. The quantitative estimate of drug-likeness (QED) is 0.831. The highest BCUT2D eigenvalue weighted by Crippen LogP contribution is 2.23. The summed E-state index contributed by atoms with van der Waals surface area (Å²) in [6.45, 7) is 8.41. The normalized spacial score (nSPS) is 25.4. The van der Waals surface area contributed by atoms with Crippen LogP contribution in [0.2, 0.25) is 0 Å². The first kappa shape index (κ1) is 16.4. The van der Waals surface area contributed by atoms with Crippen molar-refractivity contribution in [3.8, 4) is 0 Å². The molecule has 1 aliphatic rings. The fourth-order valence-electron chi connectivity index (χ4n) is 2.26. The van der Waals surface area contributed by atoms with Crippen molar-refractivity contribution in [2.75, 3.05) is 19.3 Å². The summed E-state index contributed by atoms with van der Waals surface area (Å²) in [5.41, 5.74) is 0. The summed E-state index contributed by atoms with van der Waals surface area (Å²) < 4.78 is 22.3. The molecule has 1 fully saturated rings. The van der Waals surface area contributed by atoms with Crippen LogP contribution in [0.5, 0.6) is 0 Å². The van der Waals surface area contributed by atoms with Gasteiger partial charge in [-0.05, 0) is 26.7 Å². The Labute approximate surface area is 116 Å². The molecule has 6 heteroatoms. The summed E-state index contributed by atoms with van der Waals surface area (Å²) in [5, 5.41) is 3.40. The highest BCUT2D eigenvalue weighted by Gasteiger charge is 2.44. The van der Waals surface area contributed by atoms with Crippen LogP contribution in [0.15, 0.2) is 0 Å². The van der Waals surface area contributed by atoms with Gasteiger partial charge in [0, 0.05) is 31.4 Å². The van der Waals surface area contributed by atoms with E-state index in [4.69, 9.17) is 0 Å². The van der Waals surface area contributed by atoms with Crippen molar-refractivity contribution >= 4 is 15.7 Å². The Hall–Kier alpha value is -0.620. The van der Waals surface area contributed by atoms with Crippen LogP contribution >= 0.6 is 0 Å². The first-order valence-corrected chi connectivity index (χ1v) is 8.78. The first-order chi connectivity index (χ1) is 8.65. The predicted octanol–water partition coefficient (Wildman–Crippen LogP) is 0.799. The summed E-state index contributed by atoms with van der Waals surface area (Å²) in [6.07, 6.45) is 2.89. The van der Waals surface area contributed by atoms with E-state index in [0.29, 0.717) is 6.54 Å². The standard InChI is InChI=1S/C13H26N2O3S/c1-6-10-9-15(11(7-2)8-14-10)12(16)13(3,4)19(5,17)18/h10-11,14H,6-9H2,1-5H3. The average molecular weight is 290 g/mol. The van der Waals surface area contributed by atoms with Crippen LogP contribution in [0.3, 0.4) is 0 Å². The van der Waals surface area contributed by atoms with E-state index in [1.807, 2.05) is 6.92 Å². The van der Waals surface area contributed by atoms with Gasteiger partial charge in [-0.1, -0.05) is 13.8 Å². The second kappa shape index (κ2) is 5.79. The molecule has 5 nitrogen and oxygen atoms in total. The molecule has 1 saturated heterocycles. The molecule has 0 saturated carbocycles. The van der Waals surface area contributed by atoms with Crippen molar-refractivity contribution in [3.05, 3.63) is 0 Å². The van der Waals surface area contributed by atoms with Crippen molar-refractivity contribution < 1.29 is 13.2 Å². The van der Waals surface area contributed by atoms with Crippen LogP contribution in [0, 0.1) is 0 Å². The second-order valence-electron chi connectivity index (χ2n) is 5.82. The molecule has 0 aromatic rings. The molecule has 19 heavy (non-hydrogen) atoms. The van der Waals surface area contributed by atoms with E-state index in [1.165, 1.54) is 13.8 Å². The van der Waals surface area contributed by atoms with Gasteiger partial charge in [0.15, 0.2) is 9.84 Å². The molecular formula is C13H26N2O3S. The fraction of sp³-hybridized carbons (Fsp3) is 0.923. The molecule has 1 N–H and O–H groups in total. The lowest BCUT2D eigenvalue weighted by Gasteiger charge is -2.42. The zero-order chi connectivity index (χ0) is 14.8. The molecule has 1 heterocycles. The molecule has 2 unspecified atom stereocenters. The minimum atomic E-state index is -3.42. The molecule has 2 atom stereocenters. The summed E-state index contributed by atoms with van der Waals surface area (Å²) in [6, 6.07) is 0.332. The molecule has 0 spiro atoms. The van der Waals surface area contributed by atoms with E-state index in [2.05, 4.69) is 12.2 Å². The summed E-state index contributed by atoms with van der Waals surface area (Å²) >= 11 is 0. The van der Waals surface area contributed by atoms with Gasteiger partial charge in [-0.3, -0.25) is 4.79 Å². The Morgan fingerprint density at radius 2 is 1.89 bits per heavy atom. The van der Waals surface area contributed by atoms with Gasteiger partial charge in [-0.15, -0.1) is 0 Å². The Morgan fingerprint density at radius 1 is 1.32 bits per heavy atom. The lowest BCUT2D eigenvalue weighted by atomic mass is 10.0. The van der Waals surface area contributed by atoms with Crippen molar-refractivity contribution in [3.63, 3.8) is 0 Å². The van der Waals surface area contributed by atoms with Gasteiger partial charge in [-0.2, -0.15) is 0 Å². The molecule has 1 rings (SSSR count). The number of piperazine rings is 1. The lowest BCUT2D eigenvalue weighted by Crippen LogP contribution is -2.62. The van der Waals surface area contributed by atoms with Crippen molar-refractivity contribution in [1.82, 2.24) is 10.2 Å². The molecule has 0 aromatic heterocycles. The van der Waals surface area contributed by atoms with Crippen LogP contribution < -0.4 is 5.32 Å². The largest absolute Gasteiger partial charge is 0.336 e. The van der Waals surface area contributed by atoms with E-state index in [9.17, 15) is 13.2 Å². The van der Waals surface area contributed by atoms with Crippen molar-refractivity contribution in [2.24, 2.45) is 0 Å². The molecule has 0 bridgehead atoms. The van der Waals surface area contributed by atoms with Gasteiger partial charge in [0.1, 0.15) is 4.75 Å². The van der Waals surface area contributed by atoms with Gasteiger partial charge in [0.05, 0.1) is 0 Å². The number of hydrogen-bond acceptors (Lipinski definition) is 4. The maximum atomic E-state index is 12.6. The van der Waals surface area contributed by atoms with Gasteiger partial charge >= 0.3 is 0 Å². The Morgan fingerprint density at radius 3 is 2.32 bits per heavy atom. The topological polar surface area (TPSA) is 66.5 Å². The minimum Gasteiger partial charge on any atom is -0.336 e. The third kappa shape index (κ3) is 3.28. The number of carbonyl (C=O) groups is 1. The van der Waals surface area contributed by atoms with Crippen LogP contribution in [0.4, 0.5) is 0 Å². The number of rotatable bonds is 4. The van der Waals surface area contributed by atoms with Gasteiger partial charge < -0.3 is 10.2 Å². The van der Waals surface area contributed by atoms with E-state index < -0.39 is 14.6 Å². The molecule has 0 aromatic carbocycles. The highest BCUT2D eigenvalue weighted by atomic mass is 32.2.